The summed E-state index contributed by atoms with van der Waals surface area (Å²) in [5.41, 5.74) is 0. The van der Waals surface area contributed by atoms with Gasteiger partial charge in [-0.25, -0.2) is 0 Å². The zero-order chi connectivity index (χ0) is 6.69. The summed E-state index contributed by atoms with van der Waals surface area (Å²) >= 11 is 1.21. The molecule has 2 N–H and O–H groups in total. The molecule has 0 spiro atoms. The van der Waals surface area contributed by atoms with E-state index in [1.54, 1.807) is 0 Å². The van der Waals surface area contributed by atoms with Gasteiger partial charge < -0.3 is 0 Å². The predicted octanol–water partition coefficient (Wildman–Crippen LogP) is -0.238. The third kappa shape index (κ3) is 2.58. The molecule has 0 bridgehead atoms. The van der Waals surface area contributed by atoms with Crippen molar-refractivity contribution < 1.29 is 10.2 Å². The fraction of sp³-hybridized carbons (Fsp3) is 1.00. The quantitative estimate of drug-likeness (QED) is 0.504. The van der Waals surface area contributed by atoms with Crippen LogP contribution < -0.4 is 0 Å². The molecule has 54 valence electrons. The van der Waals surface area contributed by atoms with E-state index in [-0.39, 0.29) is 4.82 Å². The van der Waals surface area contributed by atoms with Gasteiger partial charge >= 0.3 is 67.2 Å². The van der Waals surface area contributed by atoms with Gasteiger partial charge in [0, 0.05) is 0 Å². The minimum absolute atomic E-state index is 0.256. The van der Waals surface area contributed by atoms with Gasteiger partial charge in [-0.05, 0) is 0 Å². The fourth-order valence-corrected chi connectivity index (χ4v) is 7.96. The summed E-state index contributed by atoms with van der Waals surface area (Å²) < 4.78 is 0. The van der Waals surface area contributed by atoms with Crippen molar-refractivity contribution in [2.24, 2.45) is 0 Å². The molecule has 9 heavy (non-hydrogen) atoms. The molecule has 4 heteroatoms. The second-order valence-electron chi connectivity index (χ2n) is 1.90. The molecule has 0 aromatic heterocycles. The Balaban J connectivity index is 2.23. The molecule has 1 fully saturated rings. The summed E-state index contributed by atoms with van der Waals surface area (Å²) in [6.07, 6.45) is -1.02. The molecular weight excluding hydrogens is 250 g/mol. The van der Waals surface area contributed by atoms with Gasteiger partial charge in [0.2, 0.25) is 0 Å². The van der Waals surface area contributed by atoms with Crippen LogP contribution in [0.25, 0.3) is 0 Å². The standard InChI is InChI=1S/C5H10O2Se2/c6-5(7)4-3-8-1-2-9-4/h4-7H,1-3H2. The Morgan fingerprint density at radius 1 is 1.33 bits per heavy atom. The van der Waals surface area contributed by atoms with Crippen molar-refractivity contribution in [3.05, 3.63) is 0 Å². The molecule has 2 nitrogen and oxygen atoms in total. The molecular formula is C5H10O2Se2. The monoisotopic (exact) mass is 262 g/mol. The van der Waals surface area contributed by atoms with Crippen LogP contribution in [-0.2, 0) is 0 Å². The molecule has 1 saturated heterocycles. The van der Waals surface area contributed by atoms with Gasteiger partial charge in [0.15, 0.2) is 0 Å². The SMILES string of the molecule is OC(O)C1C[Se]CC[Se]1. The molecule has 0 aliphatic carbocycles. The fourth-order valence-electron chi connectivity index (χ4n) is 0.678. The number of rotatable bonds is 1. The predicted molar refractivity (Wildman–Crippen MR) is 37.9 cm³/mol. The molecule has 1 heterocycles. The average Bonchev–Trinajstić information content (AvgIpc) is 1.90. The molecule has 1 aliphatic heterocycles. The van der Waals surface area contributed by atoms with Crippen molar-refractivity contribution in [1.29, 1.82) is 0 Å². The topological polar surface area (TPSA) is 40.5 Å². The Bertz CT molecular complexity index is 81.0. The first-order valence-electron chi connectivity index (χ1n) is 2.86. The van der Waals surface area contributed by atoms with E-state index >= 15 is 0 Å². The summed E-state index contributed by atoms with van der Waals surface area (Å²) in [4.78, 5) is 0.256. The Kier molecular flexibility index (Phi) is 3.55. The molecule has 1 rings (SSSR count). The van der Waals surface area contributed by atoms with E-state index in [2.05, 4.69) is 0 Å². The first-order valence-corrected chi connectivity index (χ1v) is 7.48. The van der Waals surface area contributed by atoms with Gasteiger partial charge in [0.25, 0.3) is 0 Å². The van der Waals surface area contributed by atoms with Crippen LogP contribution in [-0.4, -0.2) is 46.4 Å². The Labute approximate surface area is 67.3 Å². The van der Waals surface area contributed by atoms with Crippen LogP contribution in [0.15, 0.2) is 0 Å². The van der Waals surface area contributed by atoms with Crippen molar-refractivity contribution in [3.8, 4) is 0 Å². The summed E-state index contributed by atoms with van der Waals surface area (Å²) in [5, 5.41) is 21.2. The average molecular weight is 260 g/mol. The molecule has 1 atom stereocenters. The Hall–Kier alpha value is 0.959. The number of aliphatic hydroxyl groups excluding tert-OH is 1. The number of aliphatic hydroxyl groups is 2. The zero-order valence-electron chi connectivity index (χ0n) is 4.99. The maximum atomic E-state index is 8.76. The van der Waals surface area contributed by atoms with Gasteiger partial charge in [-0.2, -0.15) is 0 Å². The van der Waals surface area contributed by atoms with E-state index in [0.29, 0.717) is 29.9 Å². The third-order valence-electron chi connectivity index (χ3n) is 1.17. The molecule has 0 radical (unpaired) electrons. The molecule has 0 amide bonds. The number of hydrogen-bond acceptors (Lipinski definition) is 2. The van der Waals surface area contributed by atoms with Gasteiger partial charge in [0.1, 0.15) is 0 Å². The van der Waals surface area contributed by atoms with E-state index in [1.165, 1.54) is 10.6 Å². The second kappa shape index (κ2) is 3.97. The molecule has 0 aromatic rings. The molecule has 0 saturated carbocycles. The van der Waals surface area contributed by atoms with E-state index in [1.807, 2.05) is 0 Å². The van der Waals surface area contributed by atoms with E-state index in [9.17, 15) is 0 Å². The summed E-state index contributed by atoms with van der Waals surface area (Å²) in [7, 11) is 0. The van der Waals surface area contributed by atoms with Crippen LogP contribution in [0.1, 0.15) is 0 Å². The molecule has 0 aromatic carbocycles. The Morgan fingerprint density at radius 2 is 2.11 bits per heavy atom. The van der Waals surface area contributed by atoms with Gasteiger partial charge in [-0.15, -0.1) is 0 Å². The summed E-state index contributed by atoms with van der Waals surface area (Å²) in [5.74, 6) is 0. The van der Waals surface area contributed by atoms with Crippen molar-refractivity contribution >= 4 is 29.9 Å². The van der Waals surface area contributed by atoms with Crippen LogP contribution in [0.4, 0.5) is 0 Å². The van der Waals surface area contributed by atoms with Gasteiger partial charge in [-0.1, -0.05) is 0 Å². The van der Waals surface area contributed by atoms with Crippen LogP contribution >= 0.6 is 0 Å². The maximum absolute atomic E-state index is 8.76. The van der Waals surface area contributed by atoms with Crippen LogP contribution in [0.2, 0.25) is 20.8 Å². The molecule has 1 unspecified atom stereocenters. The van der Waals surface area contributed by atoms with Crippen molar-refractivity contribution in [1.82, 2.24) is 0 Å². The first-order chi connectivity index (χ1) is 4.30. The summed E-state index contributed by atoms with van der Waals surface area (Å²) in [6.45, 7) is 0. The van der Waals surface area contributed by atoms with Crippen molar-refractivity contribution in [2.75, 3.05) is 0 Å². The van der Waals surface area contributed by atoms with E-state index in [0.717, 1.165) is 5.32 Å². The van der Waals surface area contributed by atoms with Crippen LogP contribution in [0.3, 0.4) is 0 Å². The van der Waals surface area contributed by atoms with Gasteiger partial charge in [0.05, 0.1) is 0 Å². The first kappa shape index (κ1) is 8.06. The van der Waals surface area contributed by atoms with Crippen LogP contribution in [0, 0.1) is 0 Å². The summed E-state index contributed by atoms with van der Waals surface area (Å²) in [6, 6.07) is 0. The van der Waals surface area contributed by atoms with Crippen molar-refractivity contribution in [2.45, 2.75) is 27.1 Å². The minimum atomic E-state index is -1.02. The van der Waals surface area contributed by atoms with Crippen molar-refractivity contribution in [3.63, 3.8) is 0 Å². The van der Waals surface area contributed by atoms with Gasteiger partial charge in [-0.3, -0.25) is 0 Å². The normalized spacial score (nSPS) is 29.0. The third-order valence-corrected chi connectivity index (χ3v) is 8.52. The Morgan fingerprint density at radius 3 is 2.44 bits per heavy atom. The van der Waals surface area contributed by atoms with E-state index in [4.69, 9.17) is 10.2 Å². The number of hydrogen-bond donors (Lipinski definition) is 2. The zero-order valence-corrected chi connectivity index (χ0v) is 8.41. The molecule has 1 aliphatic rings. The van der Waals surface area contributed by atoms with Crippen LogP contribution in [0.5, 0.6) is 0 Å². The van der Waals surface area contributed by atoms with E-state index < -0.39 is 6.29 Å². The second-order valence-corrected chi connectivity index (χ2v) is 7.14.